The molecule has 0 bridgehead atoms. The first-order valence-corrected chi connectivity index (χ1v) is 7.88. The van der Waals surface area contributed by atoms with E-state index in [2.05, 4.69) is 17.0 Å². The van der Waals surface area contributed by atoms with Crippen LogP contribution in [0.1, 0.15) is 27.2 Å². The summed E-state index contributed by atoms with van der Waals surface area (Å²) in [5.41, 5.74) is 0. The molecule has 1 heterocycles. The lowest BCUT2D eigenvalue weighted by molar-refractivity contribution is 0.0910. The zero-order chi connectivity index (χ0) is 12.9. The molecular formula is C11H24N2O3S. The summed E-state index contributed by atoms with van der Waals surface area (Å²) in [6, 6.07) is 0.00722. The van der Waals surface area contributed by atoms with Gasteiger partial charge in [0.1, 0.15) is 0 Å². The van der Waals surface area contributed by atoms with E-state index in [4.69, 9.17) is 4.74 Å². The molecule has 102 valence electrons. The first-order valence-electron chi connectivity index (χ1n) is 6.23. The zero-order valence-corrected chi connectivity index (χ0v) is 11.7. The minimum atomic E-state index is -3.22. The molecule has 1 rings (SSSR count). The Bertz CT molecular complexity index is 317. The van der Waals surface area contributed by atoms with Gasteiger partial charge in [-0.1, -0.05) is 6.92 Å². The van der Waals surface area contributed by atoms with Crippen LogP contribution in [0.25, 0.3) is 0 Å². The largest absolute Gasteiger partial charge is 0.378 e. The molecule has 2 unspecified atom stereocenters. The van der Waals surface area contributed by atoms with Crippen LogP contribution in [0.5, 0.6) is 0 Å². The molecule has 0 saturated carbocycles. The van der Waals surface area contributed by atoms with Gasteiger partial charge in [-0.05, 0) is 32.7 Å². The third kappa shape index (κ3) is 5.81. The minimum absolute atomic E-state index is 0.00722. The fourth-order valence-corrected chi connectivity index (χ4v) is 3.04. The summed E-state index contributed by atoms with van der Waals surface area (Å²) in [7, 11) is -3.22. The summed E-state index contributed by atoms with van der Waals surface area (Å²) < 4.78 is 31.6. The molecule has 1 saturated heterocycles. The predicted molar refractivity (Wildman–Crippen MR) is 68.4 cm³/mol. The van der Waals surface area contributed by atoms with Crippen molar-refractivity contribution in [3.8, 4) is 0 Å². The smallest absolute Gasteiger partial charge is 0.214 e. The van der Waals surface area contributed by atoms with E-state index in [9.17, 15) is 8.42 Å². The summed E-state index contributed by atoms with van der Waals surface area (Å²) >= 11 is 0. The maximum absolute atomic E-state index is 11.8. The minimum Gasteiger partial charge on any atom is -0.378 e. The summed E-state index contributed by atoms with van der Waals surface area (Å²) in [5.74, 6) is 0.422. The van der Waals surface area contributed by atoms with Crippen LogP contribution in [0.4, 0.5) is 0 Å². The lowest BCUT2D eigenvalue weighted by atomic mass is 9.96. The van der Waals surface area contributed by atoms with Crippen LogP contribution < -0.4 is 10.0 Å². The van der Waals surface area contributed by atoms with Crippen molar-refractivity contribution in [2.24, 2.45) is 5.92 Å². The SMILES string of the molecule is CC(C)OCCS(=O)(=O)NC1CNCCC1C. The standard InChI is InChI=1S/C11H24N2O3S/c1-9(2)16-6-7-17(14,15)13-11-8-12-5-4-10(11)3/h9-13H,4-8H2,1-3H3. The third-order valence-electron chi connectivity index (χ3n) is 2.96. The fraction of sp³-hybridized carbons (Fsp3) is 1.00. The van der Waals surface area contributed by atoms with Crippen molar-refractivity contribution >= 4 is 10.0 Å². The zero-order valence-electron chi connectivity index (χ0n) is 10.9. The molecule has 17 heavy (non-hydrogen) atoms. The second-order valence-corrected chi connectivity index (χ2v) is 6.81. The maximum Gasteiger partial charge on any atom is 0.214 e. The van der Waals surface area contributed by atoms with E-state index in [1.165, 1.54) is 0 Å². The van der Waals surface area contributed by atoms with Gasteiger partial charge in [0.25, 0.3) is 0 Å². The van der Waals surface area contributed by atoms with Gasteiger partial charge < -0.3 is 10.1 Å². The van der Waals surface area contributed by atoms with E-state index in [0.29, 0.717) is 12.5 Å². The van der Waals surface area contributed by atoms with E-state index < -0.39 is 10.0 Å². The Morgan fingerprint density at radius 3 is 2.76 bits per heavy atom. The van der Waals surface area contributed by atoms with Gasteiger partial charge in [0.2, 0.25) is 10.0 Å². The molecule has 6 heteroatoms. The summed E-state index contributed by atoms with van der Waals surface area (Å²) in [5, 5.41) is 3.20. The molecule has 0 amide bonds. The van der Waals surface area contributed by atoms with Crippen LogP contribution in [0.2, 0.25) is 0 Å². The molecule has 0 aromatic rings. The average molecular weight is 264 g/mol. The summed E-state index contributed by atoms with van der Waals surface area (Å²) in [6.07, 6.45) is 1.08. The van der Waals surface area contributed by atoms with Crippen molar-refractivity contribution in [1.29, 1.82) is 0 Å². The van der Waals surface area contributed by atoms with E-state index in [1.54, 1.807) is 0 Å². The molecule has 5 nitrogen and oxygen atoms in total. The van der Waals surface area contributed by atoms with Crippen LogP contribution in [0.15, 0.2) is 0 Å². The Balaban J connectivity index is 2.37. The average Bonchev–Trinajstić information content (AvgIpc) is 2.20. The molecule has 0 radical (unpaired) electrons. The van der Waals surface area contributed by atoms with Gasteiger partial charge in [-0.3, -0.25) is 0 Å². The van der Waals surface area contributed by atoms with Gasteiger partial charge >= 0.3 is 0 Å². The normalized spacial score (nSPS) is 26.4. The number of piperidine rings is 1. The summed E-state index contributed by atoms with van der Waals surface area (Å²) in [6.45, 7) is 7.81. The molecule has 2 atom stereocenters. The van der Waals surface area contributed by atoms with E-state index in [1.807, 2.05) is 13.8 Å². The Kier molecular flexibility index (Phi) is 5.85. The molecular weight excluding hydrogens is 240 g/mol. The quantitative estimate of drug-likeness (QED) is 0.725. The molecule has 1 fully saturated rings. The number of sulfonamides is 1. The van der Waals surface area contributed by atoms with E-state index >= 15 is 0 Å². The highest BCUT2D eigenvalue weighted by atomic mass is 32.2. The van der Waals surface area contributed by atoms with Gasteiger partial charge in [-0.2, -0.15) is 0 Å². The molecule has 0 aromatic carbocycles. The highest BCUT2D eigenvalue weighted by molar-refractivity contribution is 7.89. The Morgan fingerprint density at radius 2 is 2.18 bits per heavy atom. The lowest BCUT2D eigenvalue weighted by Gasteiger charge is -2.30. The number of hydrogen-bond donors (Lipinski definition) is 2. The molecule has 0 aromatic heterocycles. The van der Waals surface area contributed by atoms with Gasteiger partial charge in [0, 0.05) is 12.6 Å². The van der Waals surface area contributed by atoms with Crippen molar-refractivity contribution in [3.05, 3.63) is 0 Å². The topological polar surface area (TPSA) is 67.4 Å². The monoisotopic (exact) mass is 264 g/mol. The molecule has 2 N–H and O–H groups in total. The van der Waals surface area contributed by atoms with Crippen LogP contribution >= 0.6 is 0 Å². The number of nitrogens with one attached hydrogen (secondary N) is 2. The van der Waals surface area contributed by atoms with Crippen LogP contribution in [-0.2, 0) is 14.8 Å². The summed E-state index contributed by atoms with van der Waals surface area (Å²) in [4.78, 5) is 0. The predicted octanol–water partition coefficient (Wildman–Crippen LogP) is 0.329. The Hall–Kier alpha value is -0.170. The number of rotatable bonds is 6. The van der Waals surface area contributed by atoms with Gasteiger partial charge in [0.15, 0.2) is 0 Å². The first kappa shape index (κ1) is 14.9. The lowest BCUT2D eigenvalue weighted by Crippen LogP contribution is -2.50. The van der Waals surface area contributed by atoms with Crippen LogP contribution in [0.3, 0.4) is 0 Å². The van der Waals surface area contributed by atoms with Gasteiger partial charge in [-0.25, -0.2) is 13.1 Å². The van der Waals surface area contributed by atoms with Crippen molar-refractivity contribution < 1.29 is 13.2 Å². The molecule has 0 spiro atoms. The number of hydrogen-bond acceptors (Lipinski definition) is 4. The third-order valence-corrected chi connectivity index (χ3v) is 4.33. The second kappa shape index (κ2) is 6.68. The van der Waals surface area contributed by atoms with Crippen molar-refractivity contribution in [3.63, 3.8) is 0 Å². The van der Waals surface area contributed by atoms with Crippen LogP contribution in [0, 0.1) is 5.92 Å². The van der Waals surface area contributed by atoms with E-state index in [0.717, 1.165) is 13.0 Å². The molecule has 1 aliphatic heterocycles. The highest BCUT2D eigenvalue weighted by Crippen LogP contribution is 2.12. The number of ether oxygens (including phenoxy) is 1. The van der Waals surface area contributed by atoms with Gasteiger partial charge in [0.05, 0.1) is 18.5 Å². The highest BCUT2D eigenvalue weighted by Gasteiger charge is 2.25. The molecule has 0 aliphatic carbocycles. The first-order chi connectivity index (χ1) is 7.91. The molecule has 1 aliphatic rings. The van der Waals surface area contributed by atoms with Crippen molar-refractivity contribution in [2.75, 3.05) is 25.4 Å². The van der Waals surface area contributed by atoms with Crippen LogP contribution in [-0.4, -0.2) is 46.0 Å². The Labute approximate surface area is 104 Å². The fourth-order valence-electron chi connectivity index (χ4n) is 1.83. The van der Waals surface area contributed by atoms with Crippen molar-refractivity contribution in [1.82, 2.24) is 10.0 Å². The second-order valence-electron chi connectivity index (χ2n) is 4.93. The maximum atomic E-state index is 11.8. The Morgan fingerprint density at radius 1 is 1.47 bits per heavy atom. The van der Waals surface area contributed by atoms with Gasteiger partial charge in [-0.15, -0.1) is 0 Å². The van der Waals surface area contributed by atoms with Crippen molar-refractivity contribution in [2.45, 2.75) is 39.3 Å². The van der Waals surface area contributed by atoms with E-state index in [-0.39, 0.29) is 24.5 Å².